The smallest absolute Gasteiger partial charge is 0.325 e. The van der Waals surface area contributed by atoms with Gasteiger partial charge in [0.25, 0.3) is 5.91 Å². The zero-order valence-corrected chi connectivity index (χ0v) is 19.5. The lowest BCUT2D eigenvalue weighted by atomic mass is 9.90. The highest BCUT2D eigenvalue weighted by atomic mass is 35.5. The Kier molecular flexibility index (Phi) is 6.04. The molecule has 0 bridgehead atoms. The fourth-order valence-electron chi connectivity index (χ4n) is 5.24. The van der Waals surface area contributed by atoms with Crippen molar-refractivity contribution in [2.24, 2.45) is 0 Å². The Labute approximate surface area is 202 Å². The van der Waals surface area contributed by atoms with Gasteiger partial charge in [0.1, 0.15) is 5.54 Å². The highest BCUT2D eigenvalue weighted by molar-refractivity contribution is 6.31. The van der Waals surface area contributed by atoms with Gasteiger partial charge in [0, 0.05) is 47.6 Å². The number of imide groups is 1. The van der Waals surface area contributed by atoms with E-state index in [1.807, 2.05) is 54.7 Å². The van der Waals surface area contributed by atoms with E-state index in [9.17, 15) is 14.4 Å². The molecule has 1 aromatic heterocycles. The molecule has 0 unspecified atom stereocenters. The maximum absolute atomic E-state index is 12.8. The Morgan fingerprint density at radius 2 is 1.79 bits per heavy atom. The van der Waals surface area contributed by atoms with E-state index in [0.29, 0.717) is 24.4 Å². The van der Waals surface area contributed by atoms with E-state index in [0.717, 1.165) is 34.9 Å². The SMILES string of the molecule is O=C(CCN1C(=O)NC2(CCCC2)C1=O)NC[C@@H](c1ccccc1Cl)c1c[nH]c2ccccc12. The first-order chi connectivity index (χ1) is 16.5. The van der Waals surface area contributed by atoms with Crippen LogP contribution in [0.15, 0.2) is 54.7 Å². The van der Waals surface area contributed by atoms with Crippen LogP contribution in [0, 0.1) is 0 Å². The number of halogens is 1. The average Bonchev–Trinajstić information content (AvgIpc) is 3.53. The Morgan fingerprint density at radius 1 is 1.06 bits per heavy atom. The van der Waals surface area contributed by atoms with Crippen LogP contribution in [0.25, 0.3) is 10.9 Å². The molecular weight excluding hydrogens is 452 g/mol. The highest BCUT2D eigenvalue weighted by Crippen LogP contribution is 2.36. The molecule has 7 nitrogen and oxygen atoms in total. The first-order valence-electron chi connectivity index (χ1n) is 11.7. The molecule has 2 aromatic carbocycles. The van der Waals surface area contributed by atoms with Crippen molar-refractivity contribution in [3.63, 3.8) is 0 Å². The van der Waals surface area contributed by atoms with Crippen molar-refractivity contribution in [3.05, 3.63) is 70.9 Å². The normalized spacial score (nSPS) is 18.0. The summed E-state index contributed by atoms with van der Waals surface area (Å²) in [5.41, 5.74) is 2.23. The van der Waals surface area contributed by atoms with Crippen molar-refractivity contribution < 1.29 is 14.4 Å². The minimum absolute atomic E-state index is 0.0539. The van der Waals surface area contributed by atoms with Gasteiger partial charge in [-0.1, -0.05) is 60.8 Å². The second-order valence-electron chi connectivity index (χ2n) is 9.09. The predicted octanol–water partition coefficient (Wildman–Crippen LogP) is 4.32. The summed E-state index contributed by atoms with van der Waals surface area (Å²) in [7, 11) is 0. The predicted molar refractivity (Wildman–Crippen MR) is 131 cm³/mol. The third-order valence-corrected chi connectivity index (χ3v) is 7.39. The molecule has 1 aliphatic carbocycles. The summed E-state index contributed by atoms with van der Waals surface area (Å²) in [5, 5.41) is 7.55. The van der Waals surface area contributed by atoms with Crippen LogP contribution in [0.5, 0.6) is 0 Å². The molecular formula is C26H27ClN4O3. The molecule has 2 heterocycles. The molecule has 8 heteroatoms. The number of rotatable bonds is 7. The topological polar surface area (TPSA) is 94.3 Å². The molecule has 2 aliphatic rings. The molecule has 1 aliphatic heterocycles. The average molecular weight is 479 g/mol. The summed E-state index contributed by atoms with van der Waals surface area (Å²) in [6.45, 7) is 0.413. The van der Waals surface area contributed by atoms with Crippen molar-refractivity contribution in [1.29, 1.82) is 0 Å². The third-order valence-electron chi connectivity index (χ3n) is 7.05. The zero-order chi connectivity index (χ0) is 23.7. The summed E-state index contributed by atoms with van der Waals surface area (Å²) in [6, 6.07) is 15.2. The Morgan fingerprint density at radius 3 is 2.59 bits per heavy atom. The Bertz CT molecular complexity index is 1250. The lowest BCUT2D eigenvalue weighted by Gasteiger charge is -2.21. The molecule has 1 atom stereocenters. The van der Waals surface area contributed by atoms with Crippen LogP contribution in [0.1, 0.15) is 49.1 Å². The fourth-order valence-corrected chi connectivity index (χ4v) is 5.51. The van der Waals surface area contributed by atoms with Gasteiger partial charge in [0.2, 0.25) is 5.91 Å². The summed E-state index contributed by atoms with van der Waals surface area (Å²) in [6.07, 6.45) is 5.21. The Balaban J connectivity index is 1.28. The van der Waals surface area contributed by atoms with Crippen LogP contribution in [0.3, 0.4) is 0 Å². The van der Waals surface area contributed by atoms with Gasteiger partial charge in [0.15, 0.2) is 0 Å². The monoisotopic (exact) mass is 478 g/mol. The number of aromatic nitrogens is 1. The first kappa shape index (κ1) is 22.5. The van der Waals surface area contributed by atoms with Crippen LogP contribution in [0.2, 0.25) is 5.02 Å². The van der Waals surface area contributed by atoms with Crippen molar-refractivity contribution in [3.8, 4) is 0 Å². The fraction of sp³-hybridized carbons (Fsp3) is 0.346. The quantitative estimate of drug-likeness (QED) is 0.441. The largest absolute Gasteiger partial charge is 0.361 e. The molecule has 3 N–H and O–H groups in total. The summed E-state index contributed by atoms with van der Waals surface area (Å²) in [5.74, 6) is -0.576. The number of aromatic amines is 1. The standard InChI is InChI=1S/C26H27ClN4O3/c27-21-9-3-1-7-17(21)19(20-15-28-22-10-4-2-8-18(20)22)16-29-23(32)11-14-31-24(33)26(30-25(31)34)12-5-6-13-26/h1-4,7-10,15,19,28H,5-6,11-14,16H2,(H,29,32)(H,30,34)/t19-/m0/s1. The lowest BCUT2D eigenvalue weighted by molar-refractivity contribution is -0.131. The van der Waals surface area contributed by atoms with Crippen LogP contribution in [-0.4, -0.2) is 46.4 Å². The van der Waals surface area contributed by atoms with E-state index in [4.69, 9.17) is 11.6 Å². The number of para-hydroxylation sites is 1. The number of hydrogen-bond acceptors (Lipinski definition) is 3. The maximum atomic E-state index is 12.8. The summed E-state index contributed by atoms with van der Waals surface area (Å²) >= 11 is 6.53. The van der Waals surface area contributed by atoms with Crippen LogP contribution < -0.4 is 10.6 Å². The lowest BCUT2D eigenvalue weighted by Crippen LogP contribution is -2.44. The molecule has 0 radical (unpaired) electrons. The molecule has 1 spiro atoms. The van der Waals surface area contributed by atoms with Crippen molar-refractivity contribution in [2.75, 3.05) is 13.1 Å². The van der Waals surface area contributed by atoms with E-state index in [1.54, 1.807) is 0 Å². The Hall–Kier alpha value is -3.32. The molecule has 1 saturated carbocycles. The van der Waals surface area contributed by atoms with Crippen LogP contribution >= 0.6 is 11.6 Å². The number of nitrogens with zero attached hydrogens (tertiary/aromatic N) is 1. The number of H-pyrrole nitrogens is 1. The van der Waals surface area contributed by atoms with E-state index in [-0.39, 0.29) is 30.7 Å². The van der Waals surface area contributed by atoms with Gasteiger partial charge in [-0.25, -0.2) is 4.79 Å². The second kappa shape index (κ2) is 9.14. The minimum atomic E-state index is -0.752. The number of urea groups is 1. The molecule has 176 valence electrons. The van der Waals surface area contributed by atoms with Crippen LogP contribution in [-0.2, 0) is 9.59 Å². The van der Waals surface area contributed by atoms with E-state index < -0.39 is 11.6 Å². The molecule has 4 amide bonds. The van der Waals surface area contributed by atoms with Gasteiger partial charge in [0.05, 0.1) is 0 Å². The molecule has 5 rings (SSSR count). The third kappa shape index (κ3) is 4.05. The maximum Gasteiger partial charge on any atom is 0.325 e. The van der Waals surface area contributed by atoms with Gasteiger partial charge >= 0.3 is 6.03 Å². The first-order valence-corrected chi connectivity index (χ1v) is 12.1. The number of nitrogens with one attached hydrogen (secondary N) is 3. The summed E-state index contributed by atoms with van der Waals surface area (Å²) < 4.78 is 0. The van der Waals surface area contributed by atoms with Gasteiger partial charge in [-0.2, -0.15) is 0 Å². The number of carbonyl (C=O) groups is 3. The number of fused-ring (bicyclic) bond motifs is 1. The van der Waals surface area contributed by atoms with E-state index in [2.05, 4.69) is 15.6 Å². The second-order valence-corrected chi connectivity index (χ2v) is 9.50. The molecule has 34 heavy (non-hydrogen) atoms. The molecule has 3 aromatic rings. The van der Waals surface area contributed by atoms with Crippen molar-refractivity contribution >= 4 is 40.3 Å². The van der Waals surface area contributed by atoms with Crippen molar-refractivity contribution in [1.82, 2.24) is 20.5 Å². The number of carbonyl (C=O) groups excluding carboxylic acids is 3. The zero-order valence-electron chi connectivity index (χ0n) is 18.8. The highest BCUT2D eigenvalue weighted by Gasteiger charge is 2.52. The molecule has 2 fully saturated rings. The van der Waals surface area contributed by atoms with Gasteiger partial charge in [-0.15, -0.1) is 0 Å². The number of amides is 4. The van der Waals surface area contributed by atoms with Gasteiger partial charge in [-0.05, 0) is 36.1 Å². The van der Waals surface area contributed by atoms with Gasteiger partial charge in [-0.3, -0.25) is 14.5 Å². The number of hydrogen-bond donors (Lipinski definition) is 3. The van der Waals surface area contributed by atoms with E-state index in [1.165, 1.54) is 4.90 Å². The molecule has 1 saturated heterocycles. The van der Waals surface area contributed by atoms with Gasteiger partial charge < -0.3 is 15.6 Å². The van der Waals surface area contributed by atoms with Crippen LogP contribution in [0.4, 0.5) is 4.79 Å². The van der Waals surface area contributed by atoms with Crippen molar-refractivity contribution in [2.45, 2.75) is 43.6 Å². The minimum Gasteiger partial charge on any atom is -0.361 e. The summed E-state index contributed by atoms with van der Waals surface area (Å²) in [4.78, 5) is 42.4. The van der Waals surface area contributed by atoms with E-state index >= 15 is 0 Å². The number of benzene rings is 2.